The predicted molar refractivity (Wildman–Crippen MR) is 101 cm³/mol. The number of piperidine rings is 1. The van der Waals surface area contributed by atoms with Crippen LogP contribution in [0.2, 0.25) is 0 Å². The Hall–Kier alpha value is -2.80. The zero-order valence-corrected chi connectivity index (χ0v) is 15.4. The highest BCUT2D eigenvalue weighted by atomic mass is 16.7. The number of aliphatic hydroxyl groups is 1. The first-order chi connectivity index (χ1) is 13.1. The Kier molecular flexibility index (Phi) is 3.72. The van der Waals surface area contributed by atoms with Gasteiger partial charge in [-0.1, -0.05) is 6.07 Å². The summed E-state index contributed by atoms with van der Waals surface area (Å²) >= 11 is 0. The van der Waals surface area contributed by atoms with Gasteiger partial charge in [-0.15, -0.1) is 0 Å². The zero-order chi connectivity index (χ0) is 18.5. The van der Waals surface area contributed by atoms with E-state index in [1.807, 2.05) is 48.7 Å². The number of aliphatic hydroxyl groups excluding tert-OH is 1. The molecule has 140 valence electrons. The van der Waals surface area contributed by atoms with Crippen molar-refractivity contribution < 1.29 is 14.6 Å². The van der Waals surface area contributed by atoms with E-state index in [-0.39, 0.29) is 12.7 Å². The number of benzene rings is 1. The van der Waals surface area contributed by atoms with E-state index in [1.165, 1.54) is 0 Å². The molecule has 2 aliphatic rings. The van der Waals surface area contributed by atoms with Gasteiger partial charge < -0.3 is 19.5 Å². The second kappa shape index (κ2) is 6.13. The smallest absolute Gasteiger partial charge is 0.231 e. The Bertz CT molecular complexity index is 1020. The van der Waals surface area contributed by atoms with Crippen molar-refractivity contribution in [1.82, 2.24) is 14.6 Å². The van der Waals surface area contributed by atoms with Gasteiger partial charge >= 0.3 is 0 Å². The number of fused-ring (bicyclic) bond motifs is 2. The van der Waals surface area contributed by atoms with E-state index in [0.29, 0.717) is 6.54 Å². The van der Waals surface area contributed by atoms with Gasteiger partial charge in [0.05, 0.1) is 11.8 Å². The number of β-amino-alcohol motifs (C(OH)–C–C–N with tert-alkyl or cyclic N) is 1. The molecule has 0 unspecified atom stereocenters. The number of anilines is 1. The van der Waals surface area contributed by atoms with Crippen LogP contribution in [0.5, 0.6) is 11.5 Å². The van der Waals surface area contributed by atoms with E-state index in [2.05, 4.69) is 15.0 Å². The Morgan fingerprint density at radius 1 is 1.07 bits per heavy atom. The summed E-state index contributed by atoms with van der Waals surface area (Å²) in [5.41, 5.74) is 3.82. The quantitative estimate of drug-likeness (QED) is 0.751. The molecule has 4 heterocycles. The van der Waals surface area contributed by atoms with Gasteiger partial charge in [0, 0.05) is 36.8 Å². The molecule has 0 amide bonds. The van der Waals surface area contributed by atoms with Crippen molar-refractivity contribution in [3.63, 3.8) is 0 Å². The number of rotatable bonds is 2. The molecule has 1 aromatic carbocycles. The molecule has 1 fully saturated rings. The average Bonchev–Trinajstić information content (AvgIpc) is 3.25. The van der Waals surface area contributed by atoms with E-state index in [4.69, 9.17) is 9.47 Å². The monoisotopic (exact) mass is 366 g/mol. The molecule has 0 radical (unpaired) electrons. The third-order valence-corrected chi connectivity index (χ3v) is 5.39. The fraction of sp³-hybridized carbons (Fsp3) is 0.400. The first-order valence-electron chi connectivity index (χ1n) is 9.25. The Labute approximate surface area is 157 Å². The molecule has 2 aromatic heterocycles. The molecule has 0 saturated carbocycles. The van der Waals surface area contributed by atoms with Crippen molar-refractivity contribution in [2.24, 2.45) is 0 Å². The van der Waals surface area contributed by atoms with Crippen molar-refractivity contribution in [3.8, 4) is 11.5 Å². The van der Waals surface area contributed by atoms with Crippen LogP contribution >= 0.6 is 0 Å². The highest BCUT2D eigenvalue weighted by Gasteiger charge is 2.31. The lowest BCUT2D eigenvalue weighted by molar-refractivity contribution is 0.129. The molecule has 7 heteroatoms. The van der Waals surface area contributed by atoms with Gasteiger partial charge in [-0.25, -0.2) is 4.98 Å². The van der Waals surface area contributed by atoms with Crippen LogP contribution in [-0.2, 0) is 0 Å². The first-order valence-corrected chi connectivity index (χ1v) is 9.25. The third-order valence-electron chi connectivity index (χ3n) is 5.39. The maximum Gasteiger partial charge on any atom is 0.231 e. The number of aryl methyl sites for hydroxylation is 2. The van der Waals surface area contributed by atoms with Crippen molar-refractivity contribution in [2.45, 2.75) is 32.3 Å². The van der Waals surface area contributed by atoms with Crippen LogP contribution in [0.1, 0.15) is 29.3 Å². The van der Waals surface area contributed by atoms with Gasteiger partial charge in [-0.3, -0.25) is 0 Å². The lowest BCUT2D eigenvalue weighted by Gasteiger charge is -2.37. The lowest BCUT2D eigenvalue weighted by Crippen LogP contribution is -2.43. The number of ether oxygens (including phenoxy) is 2. The average molecular weight is 366 g/mol. The molecule has 1 N–H and O–H groups in total. The van der Waals surface area contributed by atoms with E-state index >= 15 is 0 Å². The number of aromatic nitrogens is 3. The summed E-state index contributed by atoms with van der Waals surface area (Å²) in [5.74, 6) is 2.59. The first kappa shape index (κ1) is 16.4. The summed E-state index contributed by atoms with van der Waals surface area (Å²) in [6, 6.07) is 9.97. The normalized spacial score (nSPS) is 21.8. The maximum atomic E-state index is 10.9. The number of hydrogen-bond acceptors (Lipinski definition) is 6. The van der Waals surface area contributed by atoms with Crippen molar-refractivity contribution in [3.05, 3.63) is 47.3 Å². The molecular weight excluding hydrogens is 344 g/mol. The molecule has 3 aromatic rings. The third kappa shape index (κ3) is 2.78. The van der Waals surface area contributed by atoms with Crippen LogP contribution in [0.25, 0.3) is 5.65 Å². The minimum atomic E-state index is -0.473. The van der Waals surface area contributed by atoms with E-state index in [9.17, 15) is 5.11 Å². The molecule has 0 spiro atoms. The van der Waals surface area contributed by atoms with Crippen LogP contribution in [0.3, 0.4) is 0 Å². The minimum absolute atomic E-state index is 0.0773. The molecule has 2 atom stereocenters. The summed E-state index contributed by atoms with van der Waals surface area (Å²) in [7, 11) is 0. The zero-order valence-electron chi connectivity index (χ0n) is 15.4. The van der Waals surface area contributed by atoms with Gasteiger partial charge in [-0.2, -0.15) is 9.61 Å². The Balaban J connectivity index is 1.42. The van der Waals surface area contributed by atoms with Gasteiger partial charge in [0.15, 0.2) is 17.1 Å². The topological polar surface area (TPSA) is 72.1 Å². The fourth-order valence-electron chi connectivity index (χ4n) is 4.09. The van der Waals surface area contributed by atoms with E-state index < -0.39 is 6.10 Å². The maximum absolute atomic E-state index is 10.9. The summed E-state index contributed by atoms with van der Waals surface area (Å²) in [5, 5.41) is 15.5. The van der Waals surface area contributed by atoms with Crippen LogP contribution in [0, 0.1) is 13.8 Å². The second-order valence-electron chi connectivity index (χ2n) is 7.33. The molecule has 7 nitrogen and oxygen atoms in total. The molecule has 2 aliphatic heterocycles. The fourth-order valence-corrected chi connectivity index (χ4v) is 4.09. The molecule has 1 saturated heterocycles. The summed E-state index contributed by atoms with van der Waals surface area (Å²) in [6.45, 7) is 5.61. The van der Waals surface area contributed by atoms with Gasteiger partial charge in [0.2, 0.25) is 6.79 Å². The van der Waals surface area contributed by atoms with Gasteiger partial charge in [0.25, 0.3) is 0 Å². The predicted octanol–water partition coefficient (Wildman–Crippen LogP) is 2.43. The van der Waals surface area contributed by atoms with Crippen molar-refractivity contribution >= 4 is 11.5 Å². The number of nitrogens with zero attached hydrogens (tertiary/aromatic N) is 4. The standard InChI is InChI=1S/C20H22N4O3/c1-12-8-20(24-19(21-12)7-13(2)22-24)23-6-5-15(16(25)10-23)14-3-4-17-18(9-14)27-11-26-17/h3-4,7-9,15-16,25H,5-6,10-11H2,1-2H3/t15-,16+/m0/s1. The summed E-state index contributed by atoms with van der Waals surface area (Å²) in [4.78, 5) is 6.75. The lowest BCUT2D eigenvalue weighted by atomic mass is 9.87. The molecule has 0 bridgehead atoms. The van der Waals surface area contributed by atoms with Crippen molar-refractivity contribution in [2.75, 3.05) is 24.8 Å². The highest BCUT2D eigenvalue weighted by molar-refractivity contribution is 5.53. The van der Waals surface area contributed by atoms with Crippen molar-refractivity contribution in [1.29, 1.82) is 0 Å². The Morgan fingerprint density at radius 3 is 2.78 bits per heavy atom. The Morgan fingerprint density at radius 2 is 1.93 bits per heavy atom. The molecule has 0 aliphatic carbocycles. The minimum Gasteiger partial charge on any atom is -0.454 e. The second-order valence-corrected chi connectivity index (χ2v) is 7.33. The van der Waals surface area contributed by atoms with Gasteiger partial charge in [-0.05, 0) is 38.0 Å². The molecule has 5 rings (SSSR count). The molecular formula is C20H22N4O3. The number of hydrogen-bond donors (Lipinski definition) is 1. The molecule has 27 heavy (non-hydrogen) atoms. The summed E-state index contributed by atoms with van der Waals surface area (Å²) < 4.78 is 12.7. The van der Waals surface area contributed by atoms with Crippen LogP contribution in [-0.4, -0.2) is 45.7 Å². The highest BCUT2D eigenvalue weighted by Crippen LogP contribution is 2.38. The largest absolute Gasteiger partial charge is 0.454 e. The summed E-state index contributed by atoms with van der Waals surface area (Å²) in [6.07, 6.45) is 0.378. The van der Waals surface area contributed by atoms with Crippen LogP contribution in [0.15, 0.2) is 30.3 Å². The van der Waals surface area contributed by atoms with Gasteiger partial charge in [0.1, 0.15) is 5.82 Å². The van der Waals surface area contributed by atoms with E-state index in [1.54, 1.807) is 0 Å². The SMILES string of the molecule is Cc1cc(N2CC[C@@H](c3ccc4c(c3)OCO4)[C@H](O)C2)n2nc(C)cc2n1. The van der Waals surface area contributed by atoms with Crippen LogP contribution < -0.4 is 14.4 Å². The van der Waals surface area contributed by atoms with E-state index in [0.717, 1.165) is 52.9 Å². The van der Waals surface area contributed by atoms with Crippen LogP contribution in [0.4, 0.5) is 5.82 Å².